The lowest BCUT2D eigenvalue weighted by atomic mass is 9.80. The van der Waals surface area contributed by atoms with E-state index in [0.717, 1.165) is 11.1 Å². The van der Waals surface area contributed by atoms with Gasteiger partial charge in [-0.05, 0) is 36.5 Å². The first-order chi connectivity index (χ1) is 11.0. The van der Waals surface area contributed by atoms with Gasteiger partial charge in [0, 0.05) is 17.7 Å². The van der Waals surface area contributed by atoms with Gasteiger partial charge in [0.1, 0.15) is 5.56 Å². The van der Waals surface area contributed by atoms with Crippen LogP contribution in [-0.2, 0) is 11.2 Å². The zero-order valence-corrected chi connectivity index (χ0v) is 13.0. The maximum atomic E-state index is 12.5. The molecule has 1 heterocycles. The Balaban J connectivity index is 2.03. The molecule has 0 aliphatic heterocycles. The van der Waals surface area contributed by atoms with Crippen molar-refractivity contribution in [1.82, 2.24) is 4.98 Å². The van der Waals surface area contributed by atoms with E-state index in [-0.39, 0.29) is 17.3 Å². The normalized spacial score (nSPS) is 16.8. The lowest BCUT2D eigenvalue weighted by molar-refractivity contribution is 0.0598. The fraction of sp³-hybridized carbons (Fsp3) is 0.278. The summed E-state index contributed by atoms with van der Waals surface area (Å²) in [6.45, 7) is 2.01. The van der Waals surface area contributed by atoms with E-state index in [1.807, 2.05) is 31.2 Å². The third-order valence-electron chi connectivity index (χ3n) is 4.34. The van der Waals surface area contributed by atoms with Crippen LogP contribution >= 0.6 is 0 Å². The maximum absolute atomic E-state index is 12.5. The third-order valence-corrected chi connectivity index (χ3v) is 4.34. The van der Waals surface area contributed by atoms with Gasteiger partial charge in [-0.1, -0.05) is 24.3 Å². The maximum Gasteiger partial charge on any atom is 0.343 e. The van der Waals surface area contributed by atoms with Gasteiger partial charge in [-0.2, -0.15) is 0 Å². The number of carbonyl (C=O) groups is 2. The summed E-state index contributed by atoms with van der Waals surface area (Å²) in [5.41, 5.74) is 2.59. The number of H-pyrrole nitrogens is 1. The minimum absolute atomic E-state index is 0.0378. The summed E-state index contributed by atoms with van der Waals surface area (Å²) in [6, 6.07) is 9.29. The third kappa shape index (κ3) is 2.70. The Bertz CT molecular complexity index is 850. The van der Waals surface area contributed by atoms with Crippen LogP contribution in [-0.4, -0.2) is 23.8 Å². The molecule has 1 aromatic heterocycles. The topological polar surface area (TPSA) is 76.2 Å². The van der Waals surface area contributed by atoms with Crippen molar-refractivity contribution in [2.45, 2.75) is 25.7 Å². The smallest absolute Gasteiger partial charge is 0.343 e. The number of pyridine rings is 1. The molecule has 3 rings (SSSR count). The van der Waals surface area contributed by atoms with Crippen LogP contribution in [0.5, 0.6) is 0 Å². The molecule has 0 bridgehead atoms. The SMILES string of the molecule is COC(=O)c1cc2c([nH]c1=O)C[C@H](c1ccccc1C)CC2=O. The Morgan fingerprint density at radius 1 is 1.22 bits per heavy atom. The number of esters is 1. The Hall–Kier alpha value is -2.69. The number of ketones is 1. The first-order valence-corrected chi connectivity index (χ1v) is 7.44. The molecule has 5 nitrogen and oxygen atoms in total. The van der Waals surface area contributed by atoms with E-state index >= 15 is 0 Å². The van der Waals surface area contributed by atoms with E-state index < -0.39 is 11.5 Å². The van der Waals surface area contributed by atoms with Gasteiger partial charge in [0.25, 0.3) is 5.56 Å². The summed E-state index contributed by atoms with van der Waals surface area (Å²) in [5.74, 6) is -0.764. The van der Waals surface area contributed by atoms with Gasteiger partial charge in [-0.15, -0.1) is 0 Å². The number of aromatic amines is 1. The molecule has 23 heavy (non-hydrogen) atoms. The van der Waals surface area contributed by atoms with Gasteiger partial charge in [-0.3, -0.25) is 9.59 Å². The number of hydrogen-bond acceptors (Lipinski definition) is 4. The molecule has 1 atom stereocenters. The highest BCUT2D eigenvalue weighted by Crippen LogP contribution is 2.33. The largest absolute Gasteiger partial charge is 0.465 e. The highest BCUT2D eigenvalue weighted by molar-refractivity contribution is 6.01. The average molecular weight is 311 g/mol. The summed E-state index contributed by atoms with van der Waals surface area (Å²) in [4.78, 5) is 38.8. The molecule has 0 unspecified atom stereocenters. The number of carbonyl (C=O) groups excluding carboxylic acids is 2. The van der Waals surface area contributed by atoms with Crippen molar-refractivity contribution < 1.29 is 14.3 Å². The molecule has 0 saturated heterocycles. The lowest BCUT2D eigenvalue weighted by Crippen LogP contribution is -2.27. The molecular formula is C18H17NO4. The fourth-order valence-electron chi connectivity index (χ4n) is 3.16. The summed E-state index contributed by atoms with van der Waals surface area (Å²) < 4.78 is 4.58. The number of nitrogens with one attached hydrogen (secondary N) is 1. The van der Waals surface area contributed by atoms with Crippen LogP contribution in [0.1, 0.15) is 49.9 Å². The number of benzene rings is 1. The molecule has 0 amide bonds. The number of hydrogen-bond donors (Lipinski definition) is 1. The van der Waals surface area contributed by atoms with Gasteiger partial charge in [0.2, 0.25) is 0 Å². The molecule has 0 radical (unpaired) electrons. The number of Topliss-reactive ketones (excluding diaryl/α,β-unsaturated/α-hetero) is 1. The molecule has 1 aliphatic rings. The van der Waals surface area contributed by atoms with Crippen LogP contribution in [0.3, 0.4) is 0 Å². The number of fused-ring (bicyclic) bond motifs is 1. The van der Waals surface area contributed by atoms with Crippen molar-refractivity contribution in [2.75, 3.05) is 7.11 Å². The van der Waals surface area contributed by atoms with Crippen molar-refractivity contribution in [3.8, 4) is 0 Å². The van der Waals surface area contributed by atoms with Crippen molar-refractivity contribution >= 4 is 11.8 Å². The second-order valence-corrected chi connectivity index (χ2v) is 5.78. The fourth-order valence-corrected chi connectivity index (χ4v) is 3.16. The summed E-state index contributed by atoms with van der Waals surface area (Å²) in [6.07, 6.45) is 0.938. The van der Waals surface area contributed by atoms with E-state index in [9.17, 15) is 14.4 Å². The summed E-state index contributed by atoms with van der Waals surface area (Å²) in [7, 11) is 1.21. The average Bonchev–Trinajstić information content (AvgIpc) is 2.54. The number of rotatable bonds is 2. The molecule has 0 fully saturated rings. The molecule has 0 saturated carbocycles. The number of methoxy groups -OCH3 is 1. The molecule has 0 spiro atoms. The van der Waals surface area contributed by atoms with Crippen LogP contribution in [0.25, 0.3) is 0 Å². The minimum atomic E-state index is -0.733. The van der Waals surface area contributed by atoms with E-state index in [2.05, 4.69) is 9.72 Å². The first-order valence-electron chi connectivity index (χ1n) is 7.44. The predicted molar refractivity (Wildman–Crippen MR) is 85.0 cm³/mol. The lowest BCUT2D eigenvalue weighted by Gasteiger charge is -2.25. The summed E-state index contributed by atoms with van der Waals surface area (Å²) in [5, 5.41) is 0. The van der Waals surface area contributed by atoms with Gasteiger partial charge in [0.15, 0.2) is 5.78 Å². The Morgan fingerprint density at radius 3 is 2.65 bits per heavy atom. The second kappa shape index (κ2) is 5.83. The van der Waals surface area contributed by atoms with Gasteiger partial charge in [-0.25, -0.2) is 4.79 Å². The van der Waals surface area contributed by atoms with Crippen molar-refractivity contribution in [2.24, 2.45) is 0 Å². The number of aromatic nitrogens is 1. The van der Waals surface area contributed by atoms with Crippen LogP contribution in [0, 0.1) is 6.92 Å². The summed E-state index contributed by atoms with van der Waals surface area (Å²) >= 11 is 0. The molecule has 1 aromatic carbocycles. The Morgan fingerprint density at radius 2 is 1.96 bits per heavy atom. The quantitative estimate of drug-likeness (QED) is 0.864. The molecule has 118 valence electrons. The Kier molecular flexibility index (Phi) is 3.86. The van der Waals surface area contributed by atoms with E-state index in [0.29, 0.717) is 24.1 Å². The molecular weight excluding hydrogens is 294 g/mol. The molecule has 2 aromatic rings. The molecule has 1 N–H and O–H groups in total. The van der Waals surface area contributed by atoms with Gasteiger partial charge < -0.3 is 9.72 Å². The van der Waals surface area contributed by atoms with Crippen LogP contribution in [0.15, 0.2) is 35.1 Å². The van der Waals surface area contributed by atoms with Crippen LogP contribution in [0.2, 0.25) is 0 Å². The standard InChI is InChI=1S/C18H17NO4/c1-10-5-3-4-6-12(10)11-7-15-13(16(20)8-11)9-14(17(21)19-15)18(22)23-2/h3-6,9,11H,7-8H2,1-2H3,(H,19,21)/t11-/m0/s1. The highest BCUT2D eigenvalue weighted by Gasteiger charge is 2.29. The number of ether oxygens (including phenoxy) is 1. The molecule has 1 aliphatic carbocycles. The van der Waals surface area contributed by atoms with Gasteiger partial charge in [0.05, 0.1) is 7.11 Å². The van der Waals surface area contributed by atoms with Crippen LogP contribution < -0.4 is 5.56 Å². The minimum Gasteiger partial charge on any atom is -0.465 e. The van der Waals surface area contributed by atoms with Crippen molar-refractivity contribution in [3.05, 3.63) is 68.6 Å². The molecule has 5 heteroatoms. The van der Waals surface area contributed by atoms with E-state index in [4.69, 9.17) is 0 Å². The van der Waals surface area contributed by atoms with Gasteiger partial charge >= 0.3 is 5.97 Å². The van der Waals surface area contributed by atoms with Crippen molar-refractivity contribution in [1.29, 1.82) is 0 Å². The zero-order valence-electron chi connectivity index (χ0n) is 13.0. The predicted octanol–water partition coefficient (Wildman–Crippen LogP) is 2.38. The zero-order chi connectivity index (χ0) is 16.6. The Labute approximate surface area is 133 Å². The first kappa shape index (κ1) is 15.2. The monoisotopic (exact) mass is 311 g/mol. The number of aryl methyl sites for hydroxylation is 1. The second-order valence-electron chi connectivity index (χ2n) is 5.78. The van der Waals surface area contributed by atoms with Crippen LogP contribution in [0.4, 0.5) is 0 Å². The van der Waals surface area contributed by atoms with Crippen molar-refractivity contribution in [3.63, 3.8) is 0 Å². The van der Waals surface area contributed by atoms with E-state index in [1.165, 1.54) is 13.2 Å². The highest BCUT2D eigenvalue weighted by atomic mass is 16.5. The van der Waals surface area contributed by atoms with E-state index in [1.54, 1.807) is 0 Å².